The topological polar surface area (TPSA) is 91.9 Å². The molecule has 3 heterocycles. The Hall–Kier alpha value is -1.83. The van der Waals surface area contributed by atoms with Crippen LogP contribution >= 0.6 is 24.8 Å². The Kier molecular flexibility index (Phi) is 7.69. The van der Waals surface area contributed by atoms with E-state index in [-0.39, 0.29) is 30.7 Å². The molecule has 28 heavy (non-hydrogen) atoms. The van der Waals surface area contributed by atoms with Gasteiger partial charge in [-0.25, -0.2) is 0 Å². The van der Waals surface area contributed by atoms with Crippen LogP contribution in [0.15, 0.2) is 18.3 Å². The van der Waals surface area contributed by atoms with Crippen molar-refractivity contribution in [2.75, 3.05) is 13.1 Å². The van der Waals surface area contributed by atoms with Gasteiger partial charge in [0, 0.05) is 24.7 Å². The number of aromatic nitrogens is 3. The lowest BCUT2D eigenvalue weighted by atomic mass is 9.90. The van der Waals surface area contributed by atoms with Crippen LogP contribution in [-0.4, -0.2) is 39.8 Å². The van der Waals surface area contributed by atoms with E-state index in [4.69, 9.17) is 4.74 Å². The van der Waals surface area contributed by atoms with Crippen molar-refractivity contribution in [1.82, 2.24) is 25.8 Å². The second-order valence-corrected chi connectivity index (χ2v) is 7.10. The Morgan fingerprint density at radius 3 is 2.82 bits per heavy atom. The van der Waals surface area contributed by atoms with Crippen molar-refractivity contribution in [3.63, 3.8) is 0 Å². The molecule has 0 bridgehead atoms. The number of hydrogen-bond acceptors (Lipinski definition) is 5. The molecule has 1 amide bonds. The predicted molar refractivity (Wildman–Crippen MR) is 111 cm³/mol. The summed E-state index contributed by atoms with van der Waals surface area (Å²) >= 11 is 0. The first-order chi connectivity index (χ1) is 12.7. The number of fused-ring (bicyclic) bond motifs is 1. The standard InChI is InChI=1S/C19H25N5O2.2ClH/c1-13-17(6-3-9-21-13)26-19(7-10-20-11-8-19)18(25)22-12-16-14-4-2-5-15(14)23-24-16;;/h3,6,9,20H,2,4-5,7-8,10-12H2,1H3,(H,22,25)(H,23,24);2*1H. The molecular weight excluding hydrogens is 401 g/mol. The molecule has 0 radical (unpaired) electrons. The van der Waals surface area contributed by atoms with E-state index in [2.05, 4.69) is 25.8 Å². The number of rotatable bonds is 5. The Morgan fingerprint density at radius 1 is 1.29 bits per heavy atom. The quantitative estimate of drug-likeness (QED) is 0.680. The first-order valence-corrected chi connectivity index (χ1v) is 9.33. The molecule has 1 fully saturated rings. The van der Waals surface area contributed by atoms with Gasteiger partial charge in [-0.3, -0.25) is 14.9 Å². The summed E-state index contributed by atoms with van der Waals surface area (Å²) < 4.78 is 6.26. The van der Waals surface area contributed by atoms with Crippen LogP contribution in [0.1, 0.15) is 41.9 Å². The zero-order valence-corrected chi connectivity index (χ0v) is 17.5. The van der Waals surface area contributed by atoms with Crippen molar-refractivity contribution in [3.05, 3.63) is 41.0 Å². The van der Waals surface area contributed by atoms with Gasteiger partial charge in [0.2, 0.25) is 0 Å². The van der Waals surface area contributed by atoms with E-state index in [1.54, 1.807) is 6.20 Å². The molecule has 0 saturated carbocycles. The second kappa shape index (κ2) is 9.58. The first-order valence-electron chi connectivity index (χ1n) is 9.33. The maximum atomic E-state index is 13.1. The minimum Gasteiger partial charge on any atom is -0.475 e. The Balaban J connectivity index is 0.00000140. The molecule has 9 heteroatoms. The molecule has 0 unspecified atom stereocenters. The smallest absolute Gasteiger partial charge is 0.264 e. The molecule has 1 saturated heterocycles. The number of carbonyl (C=O) groups is 1. The van der Waals surface area contributed by atoms with E-state index < -0.39 is 5.60 Å². The van der Waals surface area contributed by atoms with Crippen LogP contribution in [0.5, 0.6) is 5.75 Å². The molecule has 0 atom stereocenters. The average Bonchev–Trinajstić information content (AvgIpc) is 3.26. The van der Waals surface area contributed by atoms with Crippen molar-refractivity contribution in [2.45, 2.75) is 51.2 Å². The molecule has 1 aliphatic carbocycles. The predicted octanol–water partition coefficient (Wildman–Crippen LogP) is 2.26. The number of aryl methyl sites for hydroxylation is 2. The number of piperidine rings is 1. The highest BCUT2D eigenvalue weighted by Gasteiger charge is 2.42. The number of H-pyrrole nitrogens is 1. The molecule has 0 spiro atoms. The van der Waals surface area contributed by atoms with Crippen LogP contribution in [0.4, 0.5) is 0 Å². The third-order valence-electron chi connectivity index (χ3n) is 5.40. The molecule has 4 rings (SSSR count). The molecule has 154 valence electrons. The summed E-state index contributed by atoms with van der Waals surface area (Å²) in [7, 11) is 0. The fourth-order valence-corrected chi connectivity index (χ4v) is 3.85. The van der Waals surface area contributed by atoms with Crippen LogP contribution in [0.25, 0.3) is 0 Å². The second-order valence-electron chi connectivity index (χ2n) is 7.10. The molecular formula is C19H27Cl2N5O2. The van der Waals surface area contributed by atoms with Crippen molar-refractivity contribution < 1.29 is 9.53 Å². The van der Waals surface area contributed by atoms with Crippen LogP contribution in [0.3, 0.4) is 0 Å². The van der Waals surface area contributed by atoms with Crippen molar-refractivity contribution in [3.8, 4) is 5.75 Å². The van der Waals surface area contributed by atoms with Crippen LogP contribution in [0.2, 0.25) is 0 Å². The van der Waals surface area contributed by atoms with Crippen molar-refractivity contribution >= 4 is 30.7 Å². The number of halogens is 2. The highest BCUT2D eigenvalue weighted by atomic mass is 35.5. The number of hydrogen-bond donors (Lipinski definition) is 3. The molecule has 3 N–H and O–H groups in total. The molecule has 7 nitrogen and oxygen atoms in total. The van der Waals surface area contributed by atoms with Gasteiger partial charge in [0.25, 0.3) is 5.91 Å². The van der Waals surface area contributed by atoms with Crippen molar-refractivity contribution in [1.29, 1.82) is 0 Å². The van der Waals surface area contributed by atoms with E-state index in [0.717, 1.165) is 43.7 Å². The maximum absolute atomic E-state index is 13.1. The number of nitrogens with zero attached hydrogens (tertiary/aromatic N) is 2. The Labute approximate surface area is 177 Å². The first kappa shape index (κ1) is 22.5. The number of pyridine rings is 1. The Morgan fingerprint density at radius 2 is 2.07 bits per heavy atom. The van der Waals surface area contributed by atoms with Gasteiger partial charge in [-0.1, -0.05) is 0 Å². The van der Waals surface area contributed by atoms with E-state index in [1.807, 2.05) is 19.1 Å². The summed E-state index contributed by atoms with van der Waals surface area (Å²) in [5.41, 5.74) is 3.37. The monoisotopic (exact) mass is 427 g/mol. The van der Waals surface area contributed by atoms with Gasteiger partial charge in [0.15, 0.2) is 5.60 Å². The third-order valence-corrected chi connectivity index (χ3v) is 5.40. The number of aromatic amines is 1. The highest BCUT2D eigenvalue weighted by Crippen LogP contribution is 2.29. The van der Waals surface area contributed by atoms with Gasteiger partial charge in [0.1, 0.15) is 5.75 Å². The van der Waals surface area contributed by atoms with E-state index in [9.17, 15) is 4.79 Å². The van der Waals surface area contributed by atoms with Gasteiger partial charge in [0.05, 0.1) is 17.9 Å². The number of carbonyl (C=O) groups excluding carboxylic acids is 1. The maximum Gasteiger partial charge on any atom is 0.264 e. The summed E-state index contributed by atoms with van der Waals surface area (Å²) in [5.74, 6) is 0.599. The SMILES string of the molecule is Cc1ncccc1OC1(C(=O)NCc2n[nH]c3c2CCC3)CCNCC1.Cl.Cl. The average molecular weight is 428 g/mol. The summed E-state index contributed by atoms with van der Waals surface area (Å²) in [4.78, 5) is 17.4. The van der Waals surface area contributed by atoms with E-state index in [0.29, 0.717) is 25.1 Å². The molecule has 2 aliphatic rings. The summed E-state index contributed by atoms with van der Waals surface area (Å²) in [6.07, 6.45) is 6.24. The van der Waals surface area contributed by atoms with Crippen LogP contribution < -0.4 is 15.4 Å². The van der Waals surface area contributed by atoms with E-state index in [1.165, 1.54) is 11.3 Å². The lowest BCUT2D eigenvalue weighted by Gasteiger charge is -2.36. The normalized spacial score (nSPS) is 17.0. The van der Waals surface area contributed by atoms with Gasteiger partial charge >= 0.3 is 0 Å². The lowest BCUT2D eigenvalue weighted by Crippen LogP contribution is -2.56. The largest absolute Gasteiger partial charge is 0.475 e. The van der Waals surface area contributed by atoms with E-state index >= 15 is 0 Å². The van der Waals surface area contributed by atoms with Crippen LogP contribution in [0, 0.1) is 6.92 Å². The highest BCUT2D eigenvalue weighted by molar-refractivity contribution is 5.86. The third kappa shape index (κ3) is 4.42. The lowest BCUT2D eigenvalue weighted by molar-refractivity contribution is -0.139. The zero-order valence-electron chi connectivity index (χ0n) is 15.9. The Bertz CT molecular complexity index is 805. The number of nitrogens with one attached hydrogen (secondary N) is 3. The fraction of sp³-hybridized carbons (Fsp3) is 0.526. The van der Waals surface area contributed by atoms with Crippen molar-refractivity contribution in [2.24, 2.45) is 0 Å². The van der Waals surface area contributed by atoms with Gasteiger partial charge < -0.3 is 15.4 Å². The number of ether oxygens (including phenoxy) is 1. The molecule has 2 aromatic rings. The molecule has 1 aliphatic heterocycles. The summed E-state index contributed by atoms with van der Waals surface area (Å²) in [6.45, 7) is 3.85. The van der Waals surface area contributed by atoms with Gasteiger partial charge in [-0.05, 0) is 57.0 Å². The summed E-state index contributed by atoms with van der Waals surface area (Å²) in [5, 5.41) is 13.8. The summed E-state index contributed by atoms with van der Waals surface area (Å²) in [6, 6.07) is 3.71. The molecule has 0 aromatic carbocycles. The minimum atomic E-state index is -0.863. The van der Waals surface area contributed by atoms with Crippen LogP contribution in [-0.2, 0) is 24.2 Å². The number of amides is 1. The zero-order chi connectivity index (χ0) is 18.0. The fourth-order valence-electron chi connectivity index (χ4n) is 3.85. The minimum absolute atomic E-state index is 0. The van der Waals surface area contributed by atoms with Gasteiger partial charge in [-0.15, -0.1) is 24.8 Å². The van der Waals surface area contributed by atoms with Gasteiger partial charge in [-0.2, -0.15) is 5.10 Å². The molecule has 2 aromatic heterocycles.